The molecule has 0 bridgehead atoms. The van der Waals surface area contributed by atoms with Crippen molar-refractivity contribution in [1.82, 2.24) is 10.2 Å². The zero-order valence-corrected chi connectivity index (χ0v) is 11.0. The summed E-state index contributed by atoms with van der Waals surface area (Å²) in [7, 11) is 0. The minimum atomic E-state index is 0.440. The van der Waals surface area contributed by atoms with Crippen LogP contribution in [-0.4, -0.2) is 49.3 Å². The molecule has 98 valence electrons. The average molecular weight is 238 g/mol. The zero-order chi connectivity index (χ0) is 11.7. The molecule has 2 saturated heterocycles. The Labute approximate surface area is 105 Å². The standard InChI is InChI=1S/C14H26N2O/c1-11-14(6-8-17-11)16(9-12-4-5-12)10-13-3-2-7-15-13/h11-15H,2-10H2,1H3. The monoisotopic (exact) mass is 238 g/mol. The van der Waals surface area contributed by atoms with Gasteiger partial charge in [0.25, 0.3) is 0 Å². The lowest BCUT2D eigenvalue weighted by molar-refractivity contribution is 0.0683. The quantitative estimate of drug-likeness (QED) is 0.788. The Morgan fingerprint density at radius 3 is 2.65 bits per heavy atom. The molecule has 17 heavy (non-hydrogen) atoms. The van der Waals surface area contributed by atoms with Gasteiger partial charge in [0.2, 0.25) is 0 Å². The molecule has 2 heterocycles. The van der Waals surface area contributed by atoms with E-state index in [1.165, 1.54) is 51.7 Å². The van der Waals surface area contributed by atoms with Crippen LogP contribution in [0.3, 0.4) is 0 Å². The van der Waals surface area contributed by atoms with E-state index in [-0.39, 0.29) is 0 Å². The van der Waals surface area contributed by atoms with Crippen LogP contribution < -0.4 is 5.32 Å². The minimum absolute atomic E-state index is 0.440. The predicted molar refractivity (Wildman–Crippen MR) is 69.1 cm³/mol. The van der Waals surface area contributed by atoms with E-state index in [0.717, 1.165) is 18.6 Å². The van der Waals surface area contributed by atoms with Crippen LogP contribution in [0.4, 0.5) is 0 Å². The van der Waals surface area contributed by atoms with Crippen molar-refractivity contribution in [3.05, 3.63) is 0 Å². The third kappa shape index (κ3) is 3.01. The zero-order valence-electron chi connectivity index (χ0n) is 11.0. The minimum Gasteiger partial charge on any atom is -0.377 e. The Bertz CT molecular complexity index is 249. The second-order valence-corrected chi connectivity index (χ2v) is 6.12. The third-order valence-corrected chi connectivity index (χ3v) is 4.61. The number of nitrogens with zero attached hydrogens (tertiary/aromatic N) is 1. The molecule has 2 aliphatic heterocycles. The molecule has 3 aliphatic rings. The first-order chi connectivity index (χ1) is 8.33. The first-order valence-corrected chi connectivity index (χ1v) is 7.42. The van der Waals surface area contributed by atoms with Crippen molar-refractivity contribution in [2.75, 3.05) is 26.2 Å². The lowest BCUT2D eigenvalue weighted by Gasteiger charge is -2.33. The van der Waals surface area contributed by atoms with Gasteiger partial charge in [0.15, 0.2) is 0 Å². The Kier molecular flexibility index (Phi) is 3.69. The maximum Gasteiger partial charge on any atom is 0.0703 e. The molecule has 0 aromatic carbocycles. The SMILES string of the molecule is CC1OCCC1N(CC1CC1)CC1CCCN1. The Hall–Kier alpha value is -0.120. The highest BCUT2D eigenvalue weighted by Crippen LogP contribution is 2.32. The molecule has 3 nitrogen and oxygen atoms in total. The molecular weight excluding hydrogens is 212 g/mol. The number of hydrogen-bond donors (Lipinski definition) is 1. The Morgan fingerprint density at radius 1 is 1.18 bits per heavy atom. The fourth-order valence-electron chi connectivity index (χ4n) is 3.37. The summed E-state index contributed by atoms with van der Waals surface area (Å²) in [6, 6.07) is 1.42. The highest BCUT2D eigenvalue weighted by atomic mass is 16.5. The maximum atomic E-state index is 5.75. The largest absolute Gasteiger partial charge is 0.377 e. The molecule has 1 N–H and O–H groups in total. The second-order valence-electron chi connectivity index (χ2n) is 6.12. The number of rotatable bonds is 5. The van der Waals surface area contributed by atoms with Gasteiger partial charge in [0.05, 0.1) is 6.10 Å². The molecule has 1 aliphatic carbocycles. The van der Waals surface area contributed by atoms with Gasteiger partial charge in [-0.1, -0.05) is 0 Å². The van der Waals surface area contributed by atoms with E-state index in [0.29, 0.717) is 12.1 Å². The maximum absolute atomic E-state index is 5.75. The van der Waals surface area contributed by atoms with E-state index in [4.69, 9.17) is 4.74 Å². The summed E-state index contributed by atoms with van der Waals surface area (Å²) in [6.45, 7) is 6.99. The summed E-state index contributed by atoms with van der Waals surface area (Å²) in [5.41, 5.74) is 0. The van der Waals surface area contributed by atoms with Crippen LogP contribution in [0.1, 0.15) is 39.0 Å². The molecule has 3 fully saturated rings. The van der Waals surface area contributed by atoms with E-state index in [1.807, 2.05) is 0 Å². The molecule has 3 unspecified atom stereocenters. The summed E-state index contributed by atoms with van der Waals surface area (Å²) in [6.07, 6.45) is 7.31. The highest BCUT2D eigenvalue weighted by molar-refractivity contribution is 4.89. The molecule has 0 aromatic rings. The molecular formula is C14H26N2O. The fourth-order valence-corrected chi connectivity index (χ4v) is 3.37. The van der Waals surface area contributed by atoms with Gasteiger partial charge in [-0.25, -0.2) is 0 Å². The molecule has 0 spiro atoms. The van der Waals surface area contributed by atoms with Crippen LogP contribution >= 0.6 is 0 Å². The lowest BCUT2D eigenvalue weighted by Crippen LogP contribution is -2.47. The van der Waals surface area contributed by atoms with E-state index in [9.17, 15) is 0 Å². The second kappa shape index (κ2) is 5.25. The van der Waals surface area contributed by atoms with Gasteiger partial charge < -0.3 is 10.1 Å². The van der Waals surface area contributed by atoms with Crippen molar-refractivity contribution in [2.24, 2.45) is 5.92 Å². The van der Waals surface area contributed by atoms with Crippen LogP contribution in [0.5, 0.6) is 0 Å². The number of ether oxygens (including phenoxy) is 1. The predicted octanol–water partition coefficient (Wildman–Crippen LogP) is 1.63. The summed E-state index contributed by atoms with van der Waals surface area (Å²) >= 11 is 0. The molecule has 0 amide bonds. The van der Waals surface area contributed by atoms with Gasteiger partial charge in [0.1, 0.15) is 0 Å². The van der Waals surface area contributed by atoms with Gasteiger partial charge >= 0.3 is 0 Å². The van der Waals surface area contributed by atoms with Crippen molar-refractivity contribution >= 4 is 0 Å². The van der Waals surface area contributed by atoms with Crippen LogP contribution in [0.25, 0.3) is 0 Å². The van der Waals surface area contributed by atoms with Crippen molar-refractivity contribution < 1.29 is 4.74 Å². The van der Waals surface area contributed by atoms with Crippen LogP contribution in [-0.2, 0) is 4.74 Å². The fraction of sp³-hybridized carbons (Fsp3) is 1.00. The van der Waals surface area contributed by atoms with E-state index in [1.54, 1.807) is 0 Å². The summed E-state index contributed by atoms with van der Waals surface area (Å²) in [5, 5.41) is 3.64. The van der Waals surface area contributed by atoms with Gasteiger partial charge in [-0.2, -0.15) is 0 Å². The van der Waals surface area contributed by atoms with Crippen LogP contribution in [0, 0.1) is 5.92 Å². The molecule has 3 rings (SSSR count). The number of nitrogens with one attached hydrogen (secondary N) is 1. The van der Waals surface area contributed by atoms with Gasteiger partial charge in [-0.05, 0) is 51.5 Å². The first-order valence-electron chi connectivity index (χ1n) is 7.42. The van der Waals surface area contributed by atoms with Gasteiger partial charge in [-0.15, -0.1) is 0 Å². The summed E-state index contributed by atoms with van der Waals surface area (Å²) in [5.74, 6) is 0.990. The van der Waals surface area contributed by atoms with E-state index >= 15 is 0 Å². The molecule has 0 aromatic heterocycles. The Morgan fingerprint density at radius 2 is 2.06 bits per heavy atom. The van der Waals surface area contributed by atoms with Crippen molar-refractivity contribution in [1.29, 1.82) is 0 Å². The highest BCUT2D eigenvalue weighted by Gasteiger charge is 2.35. The molecule has 3 atom stereocenters. The molecule has 0 radical (unpaired) electrons. The average Bonchev–Trinajstić information content (AvgIpc) is 2.80. The van der Waals surface area contributed by atoms with Crippen LogP contribution in [0.15, 0.2) is 0 Å². The first kappa shape index (κ1) is 11.9. The molecule has 3 heteroatoms. The van der Waals surface area contributed by atoms with Crippen molar-refractivity contribution in [2.45, 2.75) is 57.2 Å². The Balaban J connectivity index is 1.58. The van der Waals surface area contributed by atoms with Gasteiger partial charge in [0, 0.05) is 31.8 Å². The summed E-state index contributed by atoms with van der Waals surface area (Å²) in [4.78, 5) is 2.73. The van der Waals surface area contributed by atoms with Crippen molar-refractivity contribution in [3.8, 4) is 0 Å². The van der Waals surface area contributed by atoms with Crippen molar-refractivity contribution in [3.63, 3.8) is 0 Å². The smallest absolute Gasteiger partial charge is 0.0703 e. The number of hydrogen-bond acceptors (Lipinski definition) is 3. The third-order valence-electron chi connectivity index (χ3n) is 4.61. The van der Waals surface area contributed by atoms with Crippen LogP contribution in [0.2, 0.25) is 0 Å². The van der Waals surface area contributed by atoms with Gasteiger partial charge in [-0.3, -0.25) is 4.90 Å². The molecule has 1 saturated carbocycles. The van der Waals surface area contributed by atoms with E-state index in [2.05, 4.69) is 17.1 Å². The topological polar surface area (TPSA) is 24.5 Å². The van der Waals surface area contributed by atoms with E-state index < -0.39 is 0 Å². The lowest BCUT2D eigenvalue weighted by atomic mass is 10.1. The summed E-state index contributed by atoms with van der Waals surface area (Å²) < 4.78 is 5.75. The normalized spacial score (nSPS) is 38.1.